The van der Waals surface area contributed by atoms with Crippen molar-refractivity contribution >= 4 is 99.5 Å². The van der Waals surface area contributed by atoms with E-state index in [4.69, 9.17) is 8.83 Å². The van der Waals surface area contributed by atoms with Crippen LogP contribution in [-0.4, -0.2) is 0 Å². The zero-order valence-electron chi connectivity index (χ0n) is 44.2. The highest BCUT2D eigenvalue weighted by Crippen LogP contribution is 2.58. The maximum atomic E-state index is 6.96. The van der Waals surface area contributed by atoms with Crippen LogP contribution in [0.1, 0.15) is 72.2 Å². The molecular formula is C72H56N2O2. The van der Waals surface area contributed by atoms with E-state index < -0.39 is 0 Å². The van der Waals surface area contributed by atoms with Crippen LogP contribution in [0.3, 0.4) is 0 Å². The topological polar surface area (TPSA) is 32.8 Å². The molecule has 0 bridgehead atoms. The third-order valence-corrected chi connectivity index (χ3v) is 17.0. The van der Waals surface area contributed by atoms with Gasteiger partial charge in [-0.15, -0.1) is 0 Å². The maximum Gasteiger partial charge on any atom is 0.137 e. The summed E-state index contributed by atoms with van der Waals surface area (Å²) in [6, 6.07) is 72.0. The van der Waals surface area contributed by atoms with Crippen LogP contribution in [0.4, 0.5) is 34.1 Å². The number of hydrogen-bond donors (Lipinski definition) is 0. The van der Waals surface area contributed by atoms with Crippen LogP contribution in [0.2, 0.25) is 0 Å². The first kappa shape index (κ1) is 44.6. The quantitative estimate of drug-likeness (QED) is 0.166. The van der Waals surface area contributed by atoms with Crippen molar-refractivity contribution in [2.45, 2.75) is 66.2 Å². The van der Waals surface area contributed by atoms with Crippen molar-refractivity contribution in [1.29, 1.82) is 0 Å². The minimum atomic E-state index is -0.265. The Bertz CT molecular complexity index is 4320. The number of fused-ring (bicyclic) bond motifs is 16. The normalized spacial score (nSPS) is 14.0. The van der Waals surface area contributed by atoms with Gasteiger partial charge in [-0.25, -0.2) is 0 Å². The monoisotopic (exact) mass is 980 g/mol. The SMILES string of the molecule is Cc1cc(C)cc(N(c2ccc3c(c2)oc2cc4c(cc23)oc2cc(N(c3cc(C)cc(C)c3)c3cccc5c3C(C)(C)c3c-5ccc5ccccc35)ccc24)c2cccc3c2C(C)(C)c2c-3ccc3ccccc23)c1. The summed E-state index contributed by atoms with van der Waals surface area (Å²) >= 11 is 0. The highest BCUT2D eigenvalue weighted by atomic mass is 16.3. The molecule has 2 aliphatic carbocycles. The Morgan fingerprint density at radius 1 is 0.289 bits per heavy atom. The zero-order valence-corrected chi connectivity index (χ0v) is 44.2. The summed E-state index contributed by atoms with van der Waals surface area (Å²) < 4.78 is 13.9. The Labute approximate surface area is 443 Å². The van der Waals surface area contributed by atoms with Gasteiger partial charge in [-0.2, -0.15) is 0 Å². The van der Waals surface area contributed by atoms with Crippen molar-refractivity contribution in [3.8, 4) is 22.3 Å². The third-order valence-electron chi connectivity index (χ3n) is 17.0. The summed E-state index contributed by atoms with van der Waals surface area (Å²) in [6.07, 6.45) is 0. The number of nitrogens with zero attached hydrogens (tertiary/aromatic N) is 2. The highest BCUT2D eigenvalue weighted by molar-refractivity contribution is 6.16. The van der Waals surface area contributed by atoms with Gasteiger partial charge in [-0.05, 0) is 189 Å². The van der Waals surface area contributed by atoms with Crippen LogP contribution in [0, 0.1) is 27.7 Å². The molecule has 0 fully saturated rings. The molecule has 366 valence electrons. The molecule has 0 N–H and O–H groups in total. The molecule has 2 heterocycles. The van der Waals surface area contributed by atoms with Crippen LogP contribution in [0.15, 0.2) is 203 Å². The van der Waals surface area contributed by atoms with E-state index in [9.17, 15) is 0 Å². The molecular weight excluding hydrogens is 925 g/mol. The minimum absolute atomic E-state index is 0.265. The van der Waals surface area contributed by atoms with E-state index in [0.717, 1.165) is 66.6 Å². The van der Waals surface area contributed by atoms with Gasteiger partial charge in [-0.1, -0.05) is 137 Å². The lowest BCUT2D eigenvalue weighted by atomic mass is 9.79. The molecule has 4 nitrogen and oxygen atoms in total. The fraction of sp³-hybridized carbons (Fsp3) is 0.139. The Hall–Kier alpha value is -8.86. The Morgan fingerprint density at radius 3 is 1.09 bits per heavy atom. The van der Waals surface area contributed by atoms with Crippen molar-refractivity contribution < 1.29 is 8.83 Å². The molecule has 0 amide bonds. The first-order chi connectivity index (χ1) is 36.8. The molecule has 2 aliphatic rings. The third kappa shape index (κ3) is 6.37. The number of benzene rings is 11. The number of hydrogen-bond acceptors (Lipinski definition) is 4. The highest BCUT2D eigenvalue weighted by Gasteiger charge is 2.42. The Kier molecular flexibility index (Phi) is 9.29. The van der Waals surface area contributed by atoms with E-state index in [1.54, 1.807) is 0 Å². The molecule has 11 aromatic carbocycles. The lowest BCUT2D eigenvalue weighted by Gasteiger charge is -2.32. The molecule has 76 heavy (non-hydrogen) atoms. The average Bonchev–Trinajstić information content (AvgIpc) is 4.09. The van der Waals surface area contributed by atoms with Gasteiger partial charge in [0.2, 0.25) is 0 Å². The van der Waals surface area contributed by atoms with Crippen LogP contribution < -0.4 is 9.80 Å². The lowest BCUT2D eigenvalue weighted by Crippen LogP contribution is -2.21. The molecule has 0 radical (unpaired) electrons. The smallest absolute Gasteiger partial charge is 0.137 e. The standard InChI is InChI=1S/C72H56N2O2/c1-41-31-42(2)34-49(33-41)73(61-21-13-19-55-57-27-23-45-15-9-11-17-51(45)67(57)71(5,6)69(55)61)47-25-29-53-59-39-66-60(40-65(59)75-63(53)37-47)54-30-26-48(38-64(54)76-66)74(50-35-43(3)32-44(4)36-50)62-22-14-20-56-58-28-24-46-16-10-12-18-52(46)68(58)72(7,8)70(56)62/h9-40H,1-8H3. The van der Waals surface area contributed by atoms with Crippen LogP contribution in [0.25, 0.3) is 87.7 Å². The number of aryl methyl sites for hydroxylation is 4. The fourth-order valence-corrected chi connectivity index (χ4v) is 14.1. The summed E-state index contributed by atoms with van der Waals surface area (Å²) in [5, 5.41) is 9.32. The van der Waals surface area contributed by atoms with Gasteiger partial charge in [-0.3, -0.25) is 0 Å². The molecule has 15 rings (SSSR count). The molecule has 13 aromatic rings. The summed E-state index contributed by atoms with van der Waals surface area (Å²) in [7, 11) is 0. The van der Waals surface area contributed by atoms with Gasteiger partial charge >= 0.3 is 0 Å². The van der Waals surface area contributed by atoms with Gasteiger partial charge in [0.15, 0.2) is 0 Å². The second-order valence-corrected chi connectivity index (χ2v) is 22.8. The predicted octanol–water partition coefficient (Wildman–Crippen LogP) is 20.6. The van der Waals surface area contributed by atoms with E-state index in [1.165, 1.54) is 99.7 Å². The van der Waals surface area contributed by atoms with Crippen molar-refractivity contribution in [3.05, 3.63) is 239 Å². The lowest BCUT2D eigenvalue weighted by molar-refractivity contribution is 0.663. The molecule has 2 aromatic heterocycles. The molecule has 0 saturated carbocycles. The van der Waals surface area contributed by atoms with Gasteiger partial charge in [0.05, 0.1) is 11.4 Å². The molecule has 0 atom stereocenters. The van der Waals surface area contributed by atoms with Crippen molar-refractivity contribution in [1.82, 2.24) is 0 Å². The van der Waals surface area contributed by atoms with E-state index in [0.29, 0.717) is 0 Å². The summed E-state index contributed by atoms with van der Waals surface area (Å²) in [4.78, 5) is 4.90. The summed E-state index contributed by atoms with van der Waals surface area (Å²) in [5.74, 6) is 0. The van der Waals surface area contributed by atoms with E-state index in [-0.39, 0.29) is 10.8 Å². The molecule has 0 spiro atoms. The largest absolute Gasteiger partial charge is 0.456 e. The van der Waals surface area contributed by atoms with Crippen LogP contribution in [-0.2, 0) is 10.8 Å². The van der Waals surface area contributed by atoms with Gasteiger partial charge in [0.25, 0.3) is 0 Å². The molecule has 0 aliphatic heterocycles. The summed E-state index contributed by atoms with van der Waals surface area (Å²) in [5.41, 5.74) is 25.0. The van der Waals surface area contributed by atoms with E-state index >= 15 is 0 Å². The number of anilines is 6. The predicted molar refractivity (Wildman–Crippen MR) is 319 cm³/mol. The molecule has 4 heteroatoms. The van der Waals surface area contributed by atoms with Crippen LogP contribution in [0.5, 0.6) is 0 Å². The van der Waals surface area contributed by atoms with Crippen molar-refractivity contribution in [2.24, 2.45) is 0 Å². The Morgan fingerprint density at radius 2 is 0.671 bits per heavy atom. The number of furan rings is 2. The van der Waals surface area contributed by atoms with E-state index in [1.807, 2.05) is 0 Å². The zero-order chi connectivity index (χ0) is 51.5. The van der Waals surface area contributed by atoms with Gasteiger partial charge in [0.1, 0.15) is 22.3 Å². The van der Waals surface area contributed by atoms with Gasteiger partial charge < -0.3 is 18.6 Å². The first-order valence-electron chi connectivity index (χ1n) is 26.7. The van der Waals surface area contributed by atoms with Crippen molar-refractivity contribution in [2.75, 3.05) is 9.80 Å². The van der Waals surface area contributed by atoms with E-state index in [2.05, 4.69) is 259 Å². The second kappa shape index (κ2) is 15.8. The fourth-order valence-electron chi connectivity index (χ4n) is 14.1. The van der Waals surface area contributed by atoms with Gasteiger partial charge in [0, 0.05) is 67.3 Å². The maximum absolute atomic E-state index is 6.96. The van der Waals surface area contributed by atoms with Crippen molar-refractivity contribution in [3.63, 3.8) is 0 Å². The first-order valence-corrected chi connectivity index (χ1v) is 26.7. The van der Waals surface area contributed by atoms with Crippen LogP contribution >= 0.6 is 0 Å². The molecule has 0 unspecified atom stereocenters. The minimum Gasteiger partial charge on any atom is -0.456 e. The summed E-state index contributed by atoms with van der Waals surface area (Å²) in [6.45, 7) is 18.3. The second-order valence-electron chi connectivity index (χ2n) is 22.8. The molecule has 0 saturated heterocycles. The Balaban J connectivity index is 0.859. The number of rotatable bonds is 6. The average molecular weight is 981 g/mol.